The van der Waals surface area contributed by atoms with Gasteiger partial charge in [-0.1, -0.05) is 17.7 Å². The minimum Gasteiger partial charge on any atom is -0.381 e. The number of rotatable bonds is 2. The van der Waals surface area contributed by atoms with E-state index in [1.165, 1.54) is 0 Å². The van der Waals surface area contributed by atoms with Gasteiger partial charge in [-0.15, -0.1) is 0 Å². The molecule has 3 rings (SSSR count). The van der Waals surface area contributed by atoms with E-state index >= 15 is 0 Å². The predicted molar refractivity (Wildman–Crippen MR) is 88.4 cm³/mol. The number of anilines is 1. The Labute approximate surface area is 137 Å². The second-order valence-corrected chi connectivity index (χ2v) is 6.63. The third-order valence-electron chi connectivity index (χ3n) is 4.65. The summed E-state index contributed by atoms with van der Waals surface area (Å²) in [5.74, 6) is 0.454. The maximum atomic E-state index is 12.7. The van der Waals surface area contributed by atoms with Crippen LogP contribution in [-0.4, -0.2) is 49.7 Å². The minimum atomic E-state index is 0.147. The van der Waals surface area contributed by atoms with Crippen molar-refractivity contribution >= 4 is 23.2 Å². The molecule has 120 valence electrons. The molecule has 4 nitrogen and oxygen atoms in total. The molecule has 0 aliphatic carbocycles. The van der Waals surface area contributed by atoms with Crippen molar-refractivity contribution < 1.29 is 9.53 Å². The number of hydrogen-bond acceptors (Lipinski definition) is 3. The van der Waals surface area contributed by atoms with Gasteiger partial charge in [0, 0.05) is 55.5 Å². The molecule has 0 N–H and O–H groups in total. The lowest BCUT2D eigenvalue weighted by Gasteiger charge is -2.42. The first-order valence-electron chi connectivity index (χ1n) is 8.04. The highest BCUT2D eigenvalue weighted by atomic mass is 35.5. The minimum absolute atomic E-state index is 0.147. The molecule has 2 saturated heterocycles. The summed E-state index contributed by atoms with van der Waals surface area (Å²) in [5, 5.41) is 0.755. The molecule has 0 aromatic heterocycles. The molecule has 0 spiro atoms. The van der Waals surface area contributed by atoms with Crippen LogP contribution in [0.4, 0.5) is 5.69 Å². The average molecular weight is 323 g/mol. The summed E-state index contributed by atoms with van der Waals surface area (Å²) in [5.41, 5.74) is 1.14. The van der Waals surface area contributed by atoms with Crippen LogP contribution in [0.25, 0.3) is 0 Å². The van der Waals surface area contributed by atoms with Gasteiger partial charge in [-0.2, -0.15) is 0 Å². The Morgan fingerprint density at radius 1 is 1.27 bits per heavy atom. The second-order valence-electron chi connectivity index (χ2n) is 6.19. The van der Waals surface area contributed by atoms with E-state index < -0.39 is 0 Å². The third-order valence-corrected chi connectivity index (χ3v) is 4.89. The highest BCUT2D eigenvalue weighted by Gasteiger charge is 2.32. The molecular weight excluding hydrogens is 300 g/mol. The Morgan fingerprint density at radius 3 is 2.73 bits per heavy atom. The van der Waals surface area contributed by atoms with Crippen molar-refractivity contribution in [2.75, 3.05) is 37.7 Å². The van der Waals surface area contributed by atoms with Gasteiger partial charge in [-0.05, 0) is 38.0 Å². The normalized spacial score (nSPS) is 23.6. The van der Waals surface area contributed by atoms with Gasteiger partial charge in [0.15, 0.2) is 0 Å². The number of amides is 1. The number of halogens is 1. The van der Waals surface area contributed by atoms with E-state index in [1.54, 1.807) is 0 Å². The smallest absolute Gasteiger partial charge is 0.226 e. The lowest BCUT2D eigenvalue weighted by molar-refractivity contribution is -0.141. The van der Waals surface area contributed by atoms with E-state index in [0.29, 0.717) is 19.1 Å². The maximum Gasteiger partial charge on any atom is 0.226 e. The molecule has 22 heavy (non-hydrogen) atoms. The molecule has 1 unspecified atom stereocenters. The summed E-state index contributed by atoms with van der Waals surface area (Å²) in [7, 11) is 0. The fourth-order valence-electron chi connectivity index (χ4n) is 3.37. The molecule has 2 aliphatic heterocycles. The molecule has 1 aromatic rings. The van der Waals surface area contributed by atoms with Gasteiger partial charge in [0.1, 0.15) is 0 Å². The molecule has 2 fully saturated rings. The van der Waals surface area contributed by atoms with Crippen LogP contribution < -0.4 is 4.90 Å². The number of nitrogens with zero attached hydrogens (tertiary/aromatic N) is 2. The highest BCUT2D eigenvalue weighted by Crippen LogP contribution is 2.25. The van der Waals surface area contributed by atoms with E-state index in [0.717, 1.165) is 43.2 Å². The van der Waals surface area contributed by atoms with Crippen molar-refractivity contribution in [2.24, 2.45) is 5.92 Å². The zero-order valence-electron chi connectivity index (χ0n) is 13.0. The zero-order chi connectivity index (χ0) is 15.5. The van der Waals surface area contributed by atoms with Crippen LogP contribution >= 0.6 is 11.6 Å². The van der Waals surface area contributed by atoms with Gasteiger partial charge in [0.05, 0.1) is 0 Å². The SMILES string of the molecule is CC1CN(c2cccc(Cl)c2)CCN1C(=O)C1CCOCC1. The Balaban J connectivity index is 1.63. The van der Waals surface area contributed by atoms with E-state index in [9.17, 15) is 4.79 Å². The first-order valence-corrected chi connectivity index (χ1v) is 8.41. The van der Waals surface area contributed by atoms with Gasteiger partial charge in [0.25, 0.3) is 0 Å². The monoisotopic (exact) mass is 322 g/mol. The van der Waals surface area contributed by atoms with Crippen molar-refractivity contribution in [2.45, 2.75) is 25.8 Å². The van der Waals surface area contributed by atoms with Gasteiger partial charge in [-0.25, -0.2) is 0 Å². The van der Waals surface area contributed by atoms with Crippen LogP contribution in [0, 0.1) is 5.92 Å². The highest BCUT2D eigenvalue weighted by molar-refractivity contribution is 6.30. The zero-order valence-corrected chi connectivity index (χ0v) is 13.8. The Hall–Kier alpha value is -1.26. The number of piperazine rings is 1. The molecule has 1 aromatic carbocycles. The summed E-state index contributed by atoms with van der Waals surface area (Å²) in [4.78, 5) is 17.1. The number of benzene rings is 1. The van der Waals surface area contributed by atoms with Crippen LogP contribution in [-0.2, 0) is 9.53 Å². The summed E-state index contributed by atoms with van der Waals surface area (Å²) >= 11 is 6.08. The maximum absolute atomic E-state index is 12.7. The molecular formula is C17H23ClN2O2. The molecule has 0 saturated carbocycles. The summed E-state index contributed by atoms with van der Waals surface area (Å²) in [6.07, 6.45) is 1.72. The molecule has 5 heteroatoms. The van der Waals surface area contributed by atoms with Gasteiger partial charge < -0.3 is 14.5 Å². The number of hydrogen-bond donors (Lipinski definition) is 0. The van der Waals surface area contributed by atoms with E-state index in [-0.39, 0.29) is 12.0 Å². The summed E-state index contributed by atoms with van der Waals surface area (Å²) in [6, 6.07) is 8.16. The van der Waals surface area contributed by atoms with Crippen molar-refractivity contribution in [3.8, 4) is 0 Å². The number of ether oxygens (including phenoxy) is 1. The fraction of sp³-hybridized carbons (Fsp3) is 0.588. The first kappa shape index (κ1) is 15.6. The van der Waals surface area contributed by atoms with Crippen molar-refractivity contribution in [1.29, 1.82) is 0 Å². The Bertz CT molecular complexity index is 531. The molecule has 1 amide bonds. The van der Waals surface area contributed by atoms with Gasteiger partial charge in [0.2, 0.25) is 5.91 Å². The first-order chi connectivity index (χ1) is 10.6. The second kappa shape index (κ2) is 6.88. The number of carbonyl (C=O) groups excluding carboxylic acids is 1. The molecule has 0 radical (unpaired) electrons. The lowest BCUT2D eigenvalue weighted by atomic mass is 9.97. The van der Waals surface area contributed by atoms with Crippen molar-refractivity contribution in [1.82, 2.24) is 4.90 Å². The van der Waals surface area contributed by atoms with Crippen LogP contribution in [0.3, 0.4) is 0 Å². The molecule has 2 aliphatic rings. The Morgan fingerprint density at radius 2 is 2.05 bits per heavy atom. The van der Waals surface area contributed by atoms with Crippen molar-refractivity contribution in [3.05, 3.63) is 29.3 Å². The summed E-state index contributed by atoms with van der Waals surface area (Å²) in [6.45, 7) is 6.06. The quantitative estimate of drug-likeness (QED) is 0.839. The van der Waals surface area contributed by atoms with E-state index in [4.69, 9.17) is 16.3 Å². The number of carbonyl (C=O) groups is 1. The van der Waals surface area contributed by atoms with Crippen LogP contribution in [0.1, 0.15) is 19.8 Å². The third kappa shape index (κ3) is 3.39. The van der Waals surface area contributed by atoms with E-state index in [1.807, 2.05) is 18.2 Å². The Kier molecular flexibility index (Phi) is 4.89. The fourth-order valence-corrected chi connectivity index (χ4v) is 3.56. The van der Waals surface area contributed by atoms with Crippen LogP contribution in [0.5, 0.6) is 0 Å². The van der Waals surface area contributed by atoms with E-state index in [2.05, 4.69) is 22.8 Å². The topological polar surface area (TPSA) is 32.8 Å². The molecule has 1 atom stereocenters. The predicted octanol–water partition coefficient (Wildman–Crippen LogP) is 2.80. The van der Waals surface area contributed by atoms with Crippen LogP contribution in [0.2, 0.25) is 5.02 Å². The van der Waals surface area contributed by atoms with Crippen LogP contribution in [0.15, 0.2) is 24.3 Å². The van der Waals surface area contributed by atoms with Gasteiger partial charge >= 0.3 is 0 Å². The summed E-state index contributed by atoms with van der Waals surface area (Å²) < 4.78 is 5.36. The average Bonchev–Trinajstić information content (AvgIpc) is 2.55. The largest absolute Gasteiger partial charge is 0.381 e. The van der Waals surface area contributed by atoms with Crippen molar-refractivity contribution in [3.63, 3.8) is 0 Å². The lowest BCUT2D eigenvalue weighted by Crippen LogP contribution is -2.55. The standard InChI is InChI=1S/C17H23ClN2O2/c1-13-12-19(16-4-2-3-15(18)11-16)7-8-20(13)17(21)14-5-9-22-10-6-14/h2-4,11,13-14H,5-10,12H2,1H3. The van der Waals surface area contributed by atoms with Gasteiger partial charge in [-0.3, -0.25) is 4.79 Å². The molecule has 2 heterocycles. The molecule has 0 bridgehead atoms.